The van der Waals surface area contributed by atoms with E-state index in [1.165, 1.54) is 18.0 Å². The van der Waals surface area contributed by atoms with E-state index in [9.17, 15) is 4.79 Å². The number of carbonyl (C=O) groups excluding carboxylic acids is 1. The molecule has 1 amide bonds. The molecule has 0 aliphatic rings. The predicted octanol–water partition coefficient (Wildman–Crippen LogP) is 3.02. The van der Waals surface area contributed by atoms with E-state index in [2.05, 4.69) is 27.6 Å². The Morgan fingerprint density at radius 2 is 1.96 bits per heavy atom. The van der Waals surface area contributed by atoms with Crippen LogP contribution in [0.4, 0.5) is 0 Å². The average Bonchev–Trinajstić information content (AvgIpc) is 3.14. The lowest BCUT2D eigenvalue weighted by atomic mass is 9.93. The topological polar surface area (TPSA) is 68.0 Å². The second kappa shape index (κ2) is 7.35. The van der Waals surface area contributed by atoms with E-state index in [1.54, 1.807) is 12.3 Å². The molecule has 2 heterocycles. The minimum Gasteiger partial charge on any atom is -0.469 e. The molecule has 5 nitrogen and oxygen atoms in total. The fraction of sp³-hybridized carbons (Fsp3) is 0.167. The number of hydrogen-bond donors (Lipinski definition) is 1. The number of aromatic nitrogens is 2. The third-order valence-corrected chi connectivity index (χ3v) is 3.65. The summed E-state index contributed by atoms with van der Waals surface area (Å²) < 4.78 is 5.56. The number of carbonyl (C=O) groups is 1. The first-order valence-electron chi connectivity index (χ1n) is 7.48. The number of nitrogens with zero attached hydrogens (tertiary/aromatic N) is 2. The summed E-state index contributed by atoms with van der Waals surface area (Å²) in [6.07, 6.45) is 5.38. The molecule has 0 spiro atoms. The van der Waals surface area contributed by atoms with Crippen LogP contribution in [0.2, 0.25) is 0 Å². The fourth-order valence-electron chi connectivity index (χ4n) is 2.51. The van der Waals surface area contributed by atoms with Gasteiger partial charge < -0.3 is 9.73 Å². The fourth-order valence-corrected chi connectivity index (χ4v) is 2.51. The number of benzene rings is 1. The lowest BCUT2D eigenvalue weighted by molar-refractivity contribution is 0.0952. The summed E-state index contributed by atoms with van der Waals surface area (Å²) in [4.78, 5) is 12.0. The monoisotopic (exact) mass is 307 g/mol. The summed E-state index contributed by atoms with van der Waals surface area (Å²) >= 11 is 0. The zero-order valence-electron chi connectivity index (χ0n) is 12.6. The van der Waals surface area contributed by atoms with E-state index >= 15 is 0 Å². The van der Waals surface area contributed by atoms with Gasteiger partial charge in [-0.15, -0.1) is 0 Å². The van der Waals surface area contributed by atoms with Gasteiger partial charge in [0.25, 0.3) is 5.91 Å². The standard InChI is InChI=1S/C18H17N3O2/c22-18(15-8-11-20-21-13-15)19-10-9-16(17-7-4-12-23-17)14-5-2-1-3-6-14/h1-8,11-13,16H,9-10H2,(H,19,22). The molecule has 2 aromatic heterocycles. The SMILES string of the molecule is O=C(NCCC(c1ccccc1)c1ccco1)c1ccnnc1. The number of rotatable bonds is 6. The van der Waals surface area contributed by atoms with Crippen molar-refractivity contribution in [2.45, 2.75) is 12.3 Å². The van der Waals surface area contributed by atoms with Crippen LogP contribution in [0.5, 0.6) is 0 Å². The second-order valence-electron chi connectivity index (χ2n) is 5.15. The van der Waals surface area contributed by atoms with E-state index in [0.29, 0.717) is 12.1 Å². The highest BCUT2D eigenvalue weighted by Gasteiger charge is 2.17. The molecular weight excluding hydrogens is 290 g/mol. The van der Waals surface area contributed by atoms with E-state index in [1.807, 2.05) is 30.3 Å². The summed E-state index contributed by atoms with van der Waals surface area (Å²) in [6.45, 7) is 0.543. The van der Waals surface area contributed by atoms with Gasteiger partial charge in [-0.2, -0.15) is 10.2 Å². The zero-order chi connectivity index (χ0) is 15.9. The van der Waals surface area contributed by atoms with Crippen molar-refractivity contribution in [3.05, 3.63) is 84.1 Å². The molecule has 0 bridgehead atoms. The first-order chi connectivity index (χ1) is 11.3. The van der Waals surface area contributed by atoms with Crippen LogP contribution in [-0.4, -0.2) is 22.6 Å². The first kappa shape index (κ1) is 15.0. The Morgan fingerprint density at radius 1 is 1.09 bits per heavy atom. The zero-order valence-corrected chi connectivity index (χ0v) is 12.6. The van der Waals surface area contributed by atoms with Crippen molar-refractivity contribution in [1.29, 1.82) is 0 Å². The van der Waals surface area contributed by atoms with Crippen molar-refractivity contribution >= 4 is 5.91 Å². The van der Waals surface area contributed by atoms with E-state index in [0.717, 1.165) is 12.2 Å². The van der Waals surface area contributed by atoms with Crippen molar-refractivity contribution < 1.29 is 9.21 Å². The number of furan rings is 1. The molecule has 0 radical (unpaired) electrons. The summed E-state index contributed by atoms with van der Waals surface area (Å²) in [5.41, 5.74) is 1.68. The molecule has 0 aliphatic carbocycles. The molecule has 1 unspecified atom stereocenters. The van der Waals surface area contributed by atoms with Crippen molar-refractivity contribution in [1.82, 2.24) is 15.5 Å². The predicted molar refractivity (Wildman–Crippen MR) is 86.0 cm³/mol. The van der Waals surface area contributed by atoms with Crippen molar-refractivity contribution in [3.8, 4) is 0 Å². The molecule has 0 fully saturated rings. The van der Waals surface area contributed by atoms with Gasteiger partial charge in [0, 0.05) is 12.5 Å². The third kappa shape index (κ3) is 3.83. The van der Waals surface area contributed by atoms with Gasteiger partial charge in [0.05, 0.1) is 24.2 Å². The van der Waals surface area contributed by atoms with Crippen LogP contribution in [0.1, 0.15) is 34.0 Å². The van der Waals surface area contributed by atoms with Gasteiger partial charge in [-0.3, -0.25) is 4.79 Å². The van der Waals surface area contributed by atoms with Crippen LogP contribution in [0, 0.1) is 0 Å². The molecule has 23 heavy (non-hydrogen) atoms. The maximum Gasteiger partial charge on any atom is 0.252 e. The van der Waals surface area contributed by atoms with Crippen LogP contribution in [-0.2, 0) is 0 Å². The van der Waals surface area contributed by atoms with Crippen molar-refractivity contribution in [2.75, 3.05) is 6.54 Å². The molecule has 0 saturated heterocycles. The van der Waals surface area contributed by atoms with Gasteiger partial charge >= 0.3 is 0 Å². The first-order valence-corrected chi connectivity index (χ1v) is 7.48. The highest BCUT2D eigenvalue weighted by Crippen LogP contribution is 2.27. The van der Waals surface area contributed by atoms with Crippen LogP contribution < -0.4 is 5.32 Å². The Bertz CT molecular complexity index is 727. The minimum absolute atomic E-state index is 0.113. The largest absolute Gasteiger partial charge is 0.469 e. The Hall–Kier alpha value is -2.95. The molecule has 0 saturated carbocycles. The van der Waals surface area contributed by atoms with Gasteiger partial charge in [0.1, 0.15) is 5.76 Å². The molecule has 5 heteroatoms. The highest BCUT2D eigenvalue weighted by atomic mass is 16.3. The van der Waals surface area contributed by atoms with Crippen LogP contribution >= 0.6 is 0 Å². The van der Waals surface area contributed by atoms with Gasteiger partial charge in [-0.25, -0.2) is 0 Å². The summed E-state index contributed by atoms with van der Waals surface area (Å²) in [7, 11) is 0. The molecule has 1 atom stereocenters. The molecule has 116 valence electrons. The lowest BCUT2D eigenvalue weighted by Crippen LogP contribution is -2.26. The Balaban J connectivity index is 1.65. The number of nitrogens with one attached hydrogen (secondary N) is 1. The average molecular weight is 307 g/mol. The summed E-state index contributed by atoms with van der Waals surface area (Å²) in [5, 5.41) is 10.3. The molecule has 1 aromatic carbocycles. The Morgan fingerprint density at radius 3 is 2.65 bits per heavy atom. The molecule has 1 N–H and O–H groups in total. The van der Waals surface area contributed by atoms with Crippen LogP contribution in [0.15, 0.2) is 71.6 Å². The van der Waals surface area contributed by atoms with E-state index in [-0.39, 0.29) is 11.8 Å². The smallest absolute Gasteiger partial charge is 0.252 e. The maximum atomic E-state index is 12.0. The molecular formula is C18H17N3O2. The molecule has 3 aromatic rings. The van der Waals surface area contributed by atoms with Gasteiger partial charge in [-0.05, 0) is 30.2 Å². The Labute approximate surface area is 134 Å². The van der Waals surface area contributed by atoms with Gasteiger partial charge in [-0.1, -0.05) is 30.3 Å². The minimum atomic E-state index is -0.147. The van der Waals surface area contributed by atoms with Crippen LogP contribution in [0.25, 0.3) is 0 Å². The second-order valence-corrected chi connectivity index (χ2v) is 5.15. The lowest BCUT2D eigenvalue weighted by Gasteiger charge is -2.15. The summed E-state index contributed by atoms with van der Waals surface area (Å²) in [5.74, 6) is 0.865. The maximum absolute atomic E-state index is 12.0. The van der Waals surface area contributed by atoms with E-state index < -0.39 is 0 Å². The van der Waals surface area contributed by atoms with Crippen molar-refractivity contribution in [3.63, 3.8) is 0 Å². The molecule has 0 aliphatic heterocycles. The van der Waals surface area contributed by atoms with E-state index in [4.69, 9.17) is 4.42 Å². The van der Waals surface area contributed by atoms with Crippen LogP contribution in [0.3, 0.4) is 0 Å². The quantitative estimate of drug-likeness (QED) is 0.760. The number of amides is 1. The summed E-state index contributed by atoms with van der Waals surface area (Å²) in [6, 6.07) is 15.6. The molecule has 3 rings (SSSR count). The normalized spacial score (nSPS) is 11.8. The number of hydrogen-bond acceptors (Lipinski definition) is 4. The third-order valence-electron chi connectivity index (χ3n) is 3.65. The van der Waals surface area contributed by atoms with Gasteiger partial charge in [0.2, 0.25) is 0 Å². The van der Waals surface area contributed by atoms with Gasteiger partial charge in [0.15, 0.2) is 0 Å². The highest BCUT2D eigenvalue weighted by molar-refractivity contribution is 5.93. The Kier molecular flexibility index (Phi) is 4.79. The van der Waals surface area contributed by atoms with Crippen molar-refractivity contribution in [2.24, 2.45) is 0 Å².